The van der Waals surface area contributed by atoms with E-state index in [2.05, 4.69) is 0 Å². The van der Waals surface area contributed by atoms with Gasteiger partial charge in [0.15, 0.2) is 23.0 Å². The molecule has 26 heavy (non-hydrogen) atoms. The van der Waals surface area contributed by atoms with E-state index in [0.29, 0.717) is 39.5 Å². The number of fused-ring (bicyclic) bond motifs is 1. The number of hydrogen-bond acceptors (Lipinski definition) is 7. The Balaban J connectivity index is 2.42. The lowest BCUT2D eigenvalue weighted by Gasteiger charge is -2.16. The molecule has 3 rings (SSSR count). The molecule has 0 saturated heterocycles. The molecule has 0 amide bonds. The average molecular weight is 358 g/mol. The minimum Gasteiger partial charge on any atom is -0.504 e. The Morgan fingerprint density at radius 2 is 1.54 bits per heavy atom. The van der Waals surface area contributed by atoms with Gasteiger partial charge in [-0.3, -0.25) is 0 Å². The highest BCUT2D eigenvalue weighted by atomic mass is 16.5. The molecule has 0 bridgehead atoms. The highest BCUT2D eigenvalue weighted by molar-refractivity contribution is 6.01. The second kappa shape index (κ2) is 6.87. The SMILES string of the molecule is COc1ccc(-c2cc(=O)oc3cc(OC)c(OC)c(OC)c23)cc1O. The number of hydrogen-bond donors (Lipinski definition) is 1. The molecule has 1 N–H and O–H groups in total. The normalized spacial score (nSPS) is 10.6. The topological polar surface area (TPSA) is 87.4 Å². The molecule has 0 unspecified atom stereocenters. The van der Waals surface area contributed by atoms with Crippen LogP contribution in [0.5, 0.6) is 28.7 Å². The lowest BCUT2D eigenvalue weighted by molar-refractivity contribution is 0.326. The van der Waals surface area contributed by atoms with Crippen LogP contribution in [0.4, 0.5) is 0 Å². The molecule has 7 nitrogen and oxygen atoms in total. The summed E-state index contributed by atoms with van der Waals surface area (Å²) in [5.74, 6) is 1.37. The maximum absolute atomic E-state index is 12.1. The van der Waals surface area contributed by atoms with Crippen LogP contribution in [0.3, 0.4) is 0 Å². The fourth-order valence-corrected chi connectivity index (χ4v) is 2.88. The third-order valence-electron chi connectivity index (χ3n) is 4.03. The minimum atomic E-state index is -0.544. The van der Waals surface area contributed by atoms with Crippen LogP contribution in [-0.4, -0.2) is 33.5 Å². The van der Waals surface area contributed by atoms with E-state index in [4.69, 9.17) is 23.4 Å². The van der Waals surface area contributed by atoms with Crippen molar-refractivity contribution in [2.24, 2.45) is 0 Å². The molecule has 0 spiro atoms. The minimum absolute atomic E-state index is 0.0502. The van der Waals surface area contributed by atoms with Crippen molar-refractivity contribution in [1.29, 1.82) is 0 Å². The molecule has 0 aliphatic carbocycles. The van der Waals surface area contributed by atoms with Gasteiger partial charge in [0.05, 0.1) is 33.8 Å². The molecule has 136 valence electrons. The summed E-state index contributed by atoms with van der Waals surface area (Å²) in [6.07, 6.45) is 0. The van der Waals surface area contributed by atoms with Crippen LogP contribution in [0.25, 0.3) is 22.1 Å². The van der Waals surface area contributed by atoms with Crippen molar-refractivity contribution in [3.63, 3.8) is 0 Å². The molecule has 0 atom stereocenters. The van der Waals surface area contributed by atoms with Gasteiger partial charge in [-0.15, -0.1) is 0 Å². The molecule has 1 aromatic heterocycles. The van der Waals surface area contributed by atoms with Gasteiger partial charge in [-0.25, -0.2) is 4.79 Å². The number of methoxy groups -OCH3 is 4. The van der Waals surface area contributed by atoms with E-state index in [9.17, 15) is 9.90 Å². The standard InChI is InChI=1S/C19H18O7/c1-22-13-6-5-10(7-12(13)20)11-8-16(21)26-14-9-15(23-2)18(24-3)19(25-4)17(11)14/h5-9,20H,1-4H3. The zero-order valence-electron chi connectivity index (χ0n) is 14.8. The zero-order valence-corrected chi connectivity index (χ0v) is 14.8. The first-order valence-electron chi connectivity index (χ1n) is 7.68. The predicted octanol–water partition coefficient (Wildman–Crippen LogP) is 3.20. The number of phenols is 1. The fourth-order valence-electron chi connectivity index (χ4n) is 2.88. The second-order valence-corrected chi connectivity index (χ2v) is 5.38. The summed E-state index contributed by atoms with van der Waals surface area (Å²) in [5, 5.41) is 10.6. The Hall–Kier alpha value is -3.35. The summed E-state index contributed by atoms with van der Waals surface area (Å²) in [7, 11) is 5.91. The van der Waals surface area contributed by atoms with E-state index in [0.717, 1.165) is 0 Å². The fraction of sp³-hybridized carbons (Fsp3) is 0.211. The number of benzene rings is 2. The second-order valence-electron chi connectivity index (χ2n) is 5.38. The summed E-state index contributed by atoms with van der Waals surface area (Å²) >= 11 is 0. The van der Waals surface area contributed by atoms with Crippen molar-refractivity contribution in [3.8, 4) is 39.9 Å². The van der Waals surface area contributed by atoms with Crippen LogP contribution >= 0.6 is 0 Å². The molecule has 0 saturated carbocycles. The lowest BCUT2D eigenvalue weighted by atomic mass is 10.00. The molecule has 3 aromatic rings. The Morgan fingerprint density at radius 3 is 2.12 bits per heavy atom. The molecule has 7 heteroatoms. The van der Waals surface area contributed by atoms with E-state index in [1.54, 1.807) is 18.2 Å². The molecule has 0 radical (unpaired) electrons. The van der Waals surface area contributed by atoms with Crippen molar-refractivity contribution in [1.82, 2.24) is 0 Å². The van der Waals surface area contributed by atoms with Gasteiger partial charge >= 0.3 is 5.63 Å². The molecule has 1 heterocycles. The Bertz CT molecular complexity index is 1020. The average Bonchev–Trinajstić information content (AvgIpc) is 2.65. The van der Waals surface area contributed by atoms with Gasteiger partial charge in [-0.1, -0.05) is 6.07 Å². The van der Waals surface area contributed by atoms with Gasteiger partial charge in [0.2, 0.25) is 5.75 Å². The smallest absolute Gasteiger partial charge is 0.336 e. The summed E-state index contributed by atoms with van der Waals surface area (Å²) in [5.41, 5.74) is 0.841. The molecular weight excluding hydrogens is 340 g/mol. The summed E-state index contributed by atoms with van der Waals surface area (Å²) in [4.78, 5) is 12.1. The van der Waals surface area contributed by atoms with Crippen molar-refractivity contribution in [2.75, 3.05) is 28.4 Å². The van der Waals surface area contributed by atoms with Gasteiger partial charge in [-0.05, 0) is 17.7 Å². The summed E-state index contributed by atoms with van der Waals surface area (Å²) in [6.45, 7) is 0. The third kappa shape index (κ3) is 2.77. The summed E-state index contributed by atoms with van der Waals surface area (Å²) in [6, 6.07) is 7.73. The van der Waals surface area contributed by atoms with Crippen LogP contribution in [-0.2, 0) is 0 Å². The van der Waals surface area contributed by atoms with E-state index < -0.39 is 5.63 Å². The van der Waals surface area contributed by atoms with Gasteiger partial charge in [-0.2, -0.15) is 0 Å². The lowest BCUT2D eigenvalue weighted by Crippen LogP contribution is -2.02. The monoisotopic (exact) mass is 358 g/mol. The quantitative estimate of drug-likeness (QED) is 0.701. The van der Waals surface area contributed by atoms with Crippen LogP contribution in [0.15, 0.2) is 39.5 Å². The third-order valence-corrected chi connectivity index (χ3v) is 4.03. The van der Waals surface area contributed by atoms with E-state index in [-0.39, 0.29) is 11.3 Å². The van der Waals surface area contributed by atoms with Crippen molar-refractivity contribution in [3.05, 3.63) is 40.8 Å². The molecule has 2 aromatic carbocycles. The van der Waals surface area contributed by atoms with E-state index >= 15 is 0 Å². The summed E-state index contributed by atoms with van der Waals surface area (Å²) < 4.78 is 26.6. The molecule has 0 fully saturated rings. The first-order valence-corrected chi connectivity index (χ1v) is 7.68. The van der Waals surface area contributed by atoms with Crippen molar-refractivity contribution < 1.29 is 28.5 Å². The van der Waals surface area contributed by atoms with Crippen LogP contribution in [0, 0.1) is 0 Å². The highest BCUT2D eigenvalue weighted by Crippen LogP contribution is 2.46. The number of ether oxygens (including phenoxy) is 4. The van der Waals surface area contributed by atoms with Crippen LogP contribution < -0.4 is 24.6 Å². The van der Waals surface area contributed by atoms with Gasteiger partial charge in [0.1, 0.15) is 5.58 Å². The largest absolute Gasteiger partial charge is 0.504 e. The van der Waals surface area contributed by atoms with Gasteiger partial charge in [0.25, 0.3) is 0 Å². The predicted molar refractivity (Wildman–Crippen MR) is 95.8 cm³/mol. The number of rotatable bonds is 5. The van der Waals surface area contributed by atoms with Crippen molar-refractivity contribution in [2.45, 2.75) is 0 Å². The van der Waals surface area contributed by atoms with Crippen LogP contribution in [0.1, 0.15) is 0 Å². The maximum atomic E-state index is 12.1. The van der Waals surface area contributed by atoms with Crippen molar-refractivity contribution >= 4 is 11.0 Å². The highest BCUT2D eigenvalue weighted by Gasteiger charge is 2.22. The van der Waals surface area contributed by atoms with E-state index in [1.165, 1.54) is 40.6 Å². The molecular formula is C19H18O7. The van der Waals surface area contributed by atoms with Gasteiger partial charge in [0, 0.05) is 17.7 Å². The first kappa shape index (κ1) is 17.5. The maximum Gasteiger partial charge on any atom is 0.336 e. The zero-order chi connectivity index (χ0) is 18.8. The number of phenolic OH excluding ortho intramolecular Hbond substituents is 1. The van der Waals surface area contributed by atoms with Crippen LogP contribution in [0.2, 0.25) is 0 Å². The molecule has 0 aliphatic heterocycles. The van der Waals surface area contributed by atoms with Gasteiger partial charge < -0.3 is 28.5 Å². The Labute approximate surface area is 149 Å². The number of aromatic hydroxyl groups is 1. The Kier molecular flexibility index (Phi) is 4.62. The first-order chi connectivity index (χ1) is 12.5. The van der Waals surface area contributed by atoms with E-state index in [1.807, 2.05) is 0 Å². The molecule has 0 aliphatic rings. The Morgan fingerprint density at radius 1 is 0.846 bits per heavy atom.